The van der Waals surface area contributed by atoms with Crippen LogP contribution in [0, 0.1) is 0 Å². The maximum absolute atomic E-state index is 12.6. The van der Waals surface area contributed by atoms with Crippen LogP contribution in [0.2, 0.25) is 0 Å². The maximum Gasteiger partial charge on any atom is 0.331 e. The van der Waals surface area contributed by atoms with Crippen LogP contribution in [0.15, 0.2) is 29.8 Å². The Morgan fingerprint density at radius 2 is 1.67 bits per heavy atom. The van der Waals surface area contributed by atoms with E-state index in [1.165, 1.54) is 31.4 Å². The van der Waals surface area contributed by atoms with Crippen molar-refractivity contribution in [3.05, 3.63) is 35.4 Å². The molecule has 0 saturated carbocycles. The van der Waals surface area contributed by atoms with Gasteiger partial charge in [-0.2, -0.15) is 0 Å². The number of urea groups is 1. The number of rotatable bonds is 5. The van der Waals surface area contributed by atoms with E-state index in [-0.39, 0.29) is 5.57 Å². The van der Waals surface area contributed by atoms with Gasteiger partial charge in [0.1, 0.15) is 5.57 Å². The number of hydrogen-bond acceptors (Lipinski definition) is 4. The summed E-state index contributed by atoms with van der Waals surface area (Å²) in [6.07, 6.45) is 8.13. The summed E-state index contributed by atoms with van der Waals surface area (Å²) in [7, 11) is 0. The van der Waals surface area contributed by atoms with Crippen LogP contribution in [0.5, 0.6) is 0 Å². The van der Waals surface area contributed by atoms with Crippen LogP contribution in [0.3, 0.4) is 0 Å². The molecule has 2 heterocycles. The number of imide groups is 2. The molecule has 3 rings (SSSR count). The van der Waals surface area contributed by atoms with Crippen LogP contribution in [0.4, 0.5) is 10.5 Å². The third kappa shape index (κ3) is 4.56. The van der Waals surface area contributed by atoms with Gasteiger partial charge in [-0.1, -0.05) is 38.3 Å². The molecular weight excluding hydrogens is 342 g/mol. The van der Waals surface area contributed by atoms with E-state index in [0.717, 1.165) is 30.0 Å². The van der Waals surface area contributed by atoms with Crippen molar-refractivity contribution in [3.63, 3.8) is 0 Å². The fourth-order valence-corrected chi connectivity index (χ4v) is 3.49. The van der Waals surface area contributed by atoms with Gasteiger partial charge in [0.15, 0.2) is 0 Å². The Hall–Kier alpha value is -2.63. The minimum Gasteiger partial charge on any atom is -0.372 e. The summed E-state index contributed by atoms with van der Waals surface area (Å²) in [4.78, 5) is 40.1. The predicted octanol–water partition coefficient (Wildman–Crippen LogP) is 3.33. The van der Waals surface area contributed by atoms with Gasteiger partial charge in [-0.25, -0.2) is 4.79 Å². The highest BCUT2D eigenvalue weighted by molar-refractivity contribution is 6.31. The van der Waals surface area contributed by atoms with E-state index in [4.69, 9.17) is 0 Å². The fraction of sp³-hybridized carbons (Fsp3) is 0.476. The number of carbonyl (C=O) groups excluding carboxylic acids is 3. The van der Waals surface area contributed by atoms with E-state index in [1.54, 1.807) is 6.08 Å². The van der Waals surface area contributed by atoms with Crippen molar-refractivity contribution in [1.29, 1.82) is 0 Å². The summed E-state index contributed by atoms with van der Waals surface area (Å²) in [6.45, 7) is 4.44. The van der Waals surface area contributed by atoms with Gasteiger partial charge in [-0.15, -0.1) is 0 Å². The van der Waals surface area contributed by atoms with Crippen LogP contribution < -0.4 is 10.2 Å². The molecule has 0 bridgehead atoms. The number of nitrogens with zero attached hydrogens (tertiary/aromatic N) is 2. The van der Waals surface area contributed by atoms with Crippen LogP contribution in [-0.4, -0.2) is 42.4 Å². The molecule has 1 aromatic carbocycles. The molecule has 0 radical (unpaired) electrons. The molecule has 1 aromatic rings. The number of barbiturate groups is 1. The van der Waals surface area contributed by atoms with Crippen molar-refractivity contribution < 1.29 is 14.4 Å². The van der Waals surface area contributed by atoms with Crippen molar-refractivity contribution in [3.8, 4) is 0 Å². The summed E-state index contributed by atoms with van der Waals surface area (Å²) in [6, 6.07) is 7.26. The smallest absolute Gasteiger partial charge is 0.331 e. The van der Waals surface area contributed by atoms with Crippen molar-refractivity contribution in [1.82, 2.24) is 10.2 Å². The van der Waals surface area contributed by atoms with Crippen molar-refractivity contribution in [2.45, 2.75) is 45.4 Å². The Labute approximate surface area is 160 Å². The lowest BCUT2D eigenvalue weighted by atomic mass is 10.1. The molecule has 6 nitrogen and oxygen atoms in total. The monoisotopic (exact) mass is 369 g/mol. The zero-order valence-corrected chi connectivity index (χ0v) is 15.9. The summed E-state index contributed by atoms with van der Waals surface area (Å²) < 4.78 is 0. The number of anilines is 1. The quantitative estimate of drug-likeness (QED) is 0.638. The lowest BCUT2D eigenvalue weighted by molar-refractivity contribution is -0.130. The molecule has 2 saturated heterocycles. The number of benzene rings is 1. The number of hydrogen-bond donors (Lipinski definition) is 1. The molecule has 144 valence electrons. The molecule has 0 atom stereocenters. The molecule has 2 aliphatic rings. The number of carbonyl (C=O) groups is 3. The molecule has 4 amide bonds. The second-order valence-corrected chi connectivity index (χ2v) is 7.12. The highest BCUT2D eigenvalue weighted by Crippen LogP contribution is 2.22. The third-order valence-electron chi connectivity index (χ3n) is 5.10. The van der Waals surface area contributed by atoms with Gasteiger partial charge in [0.2, 0.25) is 0 Å². The van der Waals surface area contributed by atoms with Gasteiger partial charge in [0.25, 0.3) is 11.8 Å². The van der Waals surface area contributed by atoms with Gasteiger partial charge in [-0.3, -0.25) is 19.8 Å². The van der Waals surface area contributed by atoms with E-state index in [9.17, 15) is 14.4 Å². The average molecular weight is 369 g/mol. The first-order valence-corrected chi connectivity index (χ1v) is 9.84. The largest absolute Gasteiger partial charge is 0.372 e. The van der Waals surface area contributed by atoms with Crippen molar-refractivity contribution in [2.75, 3.05) is 24.5 Å². The Morgan fingerprint density at radius 3 is 2.30 bits per heavy atom. The Morgan fingerprint density at radius 1 is 1.00 bits per heavy atom. The first-order valence-electron chi connectivity index (χ1n) is 9.84. The molecular formula is C21H27N3O3. The standard InChI is InChI=1S/C21H27N3O3/c1-2-3-14-24-20(26)18(19(25)22-21(24)27)15-16-8-10-17(11-9-16)23-12-6-4-5-7-13-23/h8-11,15H,2-7,12-14H2,1H3,(H,22,25,27)/b18-15-. The first kappa shape index (κ1) is 19.1. The molecule has 2 fully saturated rings. The molecule has 0 unspecified atom stereocenters. The van der Waals surface area contributed by atoms with Gasteiger partial charge < -0.3 is 4.90 Å². The van der Waals surface area contributed by atoms with E-state index >= 15 is 0 Å². The summed E-state index contributed by atoms with van der Waals surface area (Å²) in [5.41, 5.74) is 1.95. The fourth-order valence-electron chi connectivity index (χ4n) is 3.49. The van der Waals surface area contributed by atoms with Crippen LogP contribution in [-0.2, 0) is 9.59 Å². The first-order chi connectivity index (χ1) is 13.1. The van der Waals surface area contributed by atoms with Gasteiger partial charge in [0.05, 0.1) is 0 Å². The molecule has 27 heavy (non-hydrogen) atoms. The Balaban J connectivity index is 1.76. The zero-order chi connectivity index (χ0) is 19.2. The van der Waals surface area contributed by atoms with Gasteiger partial charge >= 0.3 is 6.03 Å². The maximum atomic E-state index is 12.6. The zero-order valence-electron chi connectivity index (χ0n) is 15.9. The molecule has 0 aliphatic carbocycles. The minimum atomic E-state index is -0.632. The lowest BCUT2D eigenvalue weighted by Crippen LogP contribution is -2.54. The number of nitrogens with one attached hydrogen (secondary N) is 1. The van der Waals surface area contributed by atoms with E-state index in [0.29, 0.717) is 13.0 Å². The molecule has 1 N–H and O–H groups in total. The number of unbranched alkanes of at least 4 members (excludes halogenated alkanes) is 1. The average Bonchev–Trinajstić information content (AvgIpc) is 2.95. The SMILES string of the molecule is CCCCN1C(=O)NC(=O)/C(=C/c2ccc(N3CCCCCC3)cc2)C1=O. The van der Waals surface area contributed by atoms with Crippen LogP contribution in [0.25, 0.3) is 6.08 Å². The Bertz CT molecular complexity index is 732. The topological polar surface area (TPSA) is 69.7 Å². The highest BCUT2D eigenvalue weighted by atomic mass is 16.2. The normalized spacial score (nSPS) is 20.0. The second-order valence-electron chi connectivity index (χ2n) is 7.12. The number of amides is 4. The second kappa shape index (κ2) is 8.84. The summed E-state index contributed by atoms with van der Waals surface area (Å²) in [5, 5.41) is 2.26. The van der Waals surface area contributed by atoms with Gasteiger partial charge in [0, 0.05) is 25.3 Å². The predicted molar refractivity (Wildman–Crippen MR) is 105 cm³/mol. The van der Waals surface area contributed by atoms with E-state index < -0.39 is 17.8 Å². The summed E-state index contributed by atoms with van der Waals surface area (Å²) >= 11 is 0. The van der Waals surface area contributed by atoms with Crippen LogP contribution >= 0.6 is 0 Å². The minimum absolute atomic E-state index is 0.00762. The molecule has 6 heteroatoms. The highest BCUT2D eigenvalue weighted by Gasteiger charge is 2.35. The molecule has 0 aromatic heterocycles. The van der Waals surface area contributed by atoms with Crippen molar-refractivity contribution >= 4 is 29.6 Å². The molecule has 2 aliphatic heterocycles. The lowest BCUT2D eigenvalue weighted by Gasteiger charge is -2.26. The van der Waals surface area contributed by atoms with Gasteiger partial charge in [-0.05, 0) is 43.0 Å². The molecule has 0 spiro atoms. The third-order valence-corrected chi connectivity index (χ3v) is 5.10. The van der Waals surface area contributed by atoms with Crippen molar-refractivity contribution in [2.24, 2.45) is 0 Å². The van der Waals surface area contributed by atoms with Crippen LogP contribution in [0.1, 0.15) is 51.0 Å². The van der Waals surface area contributed by atoms with E-state index in [1.807, 2.05) is 31.2 Å². The summed E-state index contributed by atoms with van der Waals surface area (Å²) in [5.74, 6) is -1.15. The van der Waals surface area contributed by atoms with E-state index in [2.05, 4.69) is 10.2 Å². The Kier molecular flexibility index (Phi) is 6.27.